The molecule has 3 rings (SSSR count). The molecule has 1 aliphatic heterocycles. The summed E-state index contributed by atoms with van der Waals surface area (Å²) in [7, 11) is -0.513. The summed E-state index contributed by atoms with van der Waals surface area (Å²) in [4.78, 5) is 17.1. The number of carbonyl (C=O) groups excluding carboxylic acids is 1. The van der Waals surface area contributed by atoms with Crippen LogP contribution in [-0.2, 0) is 21.2 Å². The van der Waals surface area contributed by atoms with E-state index in [1.165, 1.54) is 25.3 Å². The van der Waals surface area contributed by atoms with Crippen molar-refractivity contribution in [3.63, 3.8) is 0 Å². The zero-order valence-electron chi connectivity index (χ0n) is 17.0. The van der Waals surface area contributed by atoms with Crippen molar-refractivity contribution in [1.82, 2.24) is 14.5 Å². The topological polar surface area (TPSA) is 78.9 Å². The molecule has 1 unspecified atom stereocenters. The van der Waals surface area contributed by atoms with Crippen molar-refractivity contribution in [2.75, 3.05) is 40.3 Å². The molecule has 0 saturated carbocycles. The van der Waals surface area contributed by atoms with E-state index in [0.29, 0.717) is 18.8 Å². The molecule has 1 aliphatic rings. The van der Waals surface area contributed by atoms with Crippen LogP contribution in [-0.4, -0.2) is 70.5 Å². The number of ether oxygens (including phenoxy) is 1. The minimum atomic E-state index is -3.97. The molecule has 0 spiro atoms. The number of carbonyl (C=O) groups is 1. The molecule has 0 bridgehead atoms. The predicted molar refractivity (Wildman–Crippen MR) is 116 cm³/mol. The molecule has 0 aromatic heterocycles. The maximum Gasteiger partial charge on any atom is 0.241 e. The Morgan fingerprint density at radius 1 is 1.13 bits per heavy atom. The first-order chi connectivity index (χ1) is 14.3. The maximum absolute atomic E-state index is 13.2. The highest BCUT2D eigenvalue weighted by Gasteiger charge is 2.31. The number of benzene rings is 2. The van der Waals surface area contributed by atoms with Crippen LogP contribution in [0.25, 0.3) is 0 Å². The summed E-state index contributed by atoms with van der Waals surface area (Å²) < 4.78 is 33.8. The Balaban J connectivity index is 1.85. The van der Waals surface area contributed by atoms with E-state index in [2.05, 4.69) is 9.62 Å². The standard InChI is InChI=1S/C21H26ClN3O4S/c1-24-10-12-25(13-11-24)21(26)19(14-16-6-4-3-5-7-16)23-30(27,28)17-8-9-20(29-2)18(22)15-17/h3-9,15,19,23H,10-14H2,1-2H3. The molecule has 2 aromatic rings. The van der Waals surface area contributed by atoms with Gasteiger partial charge in [-0.15, -0.1) is 0 Å². The van der Waals surface area contributed by atoms with E-state index in [1.807, 2.05) is 37.4 Å². The van der Waals surface area contributed by atoms with Crippen molar-refractivity contribution in [1.29, 1.82) is 0 Å². The molecule has 1 heterocycles. The zero-order valence-corrected chi connectivity index (χ0v) is 18.6. The van der Waals surface area contributed by atoms with Gasteiger partial charge in [-0.25, -0.2) is 8.42 Å². The first kappa shape index (κ1) is 22.6. The highest BCUT2D eigenvalue weighted by Crippen LogP contribution is 2.27. The highest BCUT2D eigenvalue weighted by atomic mass is 35.5. The smallest absolute Gasteiger partial charge is 0.241 e. The van der Waals surface area contributed by atoms with Crippen LogP contribution in [0.3, 0.4) is 0 Å². The lowest BCUT2D eigenvalue weighted by Gasteiger charge is -2.34. The molecule has 7 nitrogen and oxygen atoms in total. The fourth-order valence-electron chi connectivity index (χ4n) is 3.35. The number of hydrogen-bond acceptors (Lipinski definition) is 5. The normalized spacial score (nSPS) is 16.3. The summed E-state index contributed by atoms with van der Waals surface area (Å²) in [5, 5.41) is 0.186. The van der Waals surface area contributed by atoms with Gasteiger partial charge in [-0.3, -0.25) is 4.79 Å². The monoisotopic (exact) mass is 451 g/mol. The van der Waals surface area contributed by atoms with Crippen LogP contribution < -0.4 is 9.46 Å². The number of methoxy groups -OCH3 is 1. The summed E-state index contributed by atoms with van der Waals surface area (Å²) in [5.74, 6) is 0.153. The minimum Gasteiger partial charge on any atom is -0.495 e. The number of likely N-dealkylation sites (N-methyl/N-ethyl adjacent to an activating group) is 1. The van der Waals surface area contributed by atoms with Gasteiger partial charge in [0.15, 0.2) is 0 Å². The Kier molecular flexibility index (Phi) is 7.36. The first-order valence-electron chi connectivity index (χ1n) is 9.67. The van der Waals surface area contributed by atoms with Gasteiger partial charge in [-0.05, 0) is 37.2 Å². The molecule has 0 radical (unpaired) electrons. The lowest BCUT2D eigenvalue weighted by Crippen LogP contribution is -2.54. The minimum absolute atomic E-state index is 0.0162. The van der Waals surface area contributed by atoms with Gasteiger partial charge in [-0.1, -0.05) is 41.9 Å². The van der Waals surface area contributed by atoms with Gasteiger partial charge in [-0.2, -0.15) is 4.72 Å². The van der Waals surface area contributed by atoms with E-state index in [9.17, 15) is 13.2 Å². The van der Waals surface area contributed by atoms with Crippen LogP contribution in [0.5, 0.6) is 5.75 Å². The van der Waals surface area contributed by atoms with Gasteiger partial charge in [0, 0.05) is 26.2 Å². The fraction of sp³-hybridized carbons (Fsp3) is 0.381. The van der Waals surface area contributed by atoms with Crippen molar-refractivity contribution in [2.45, 2.75) is 17.4 Å². The maximum atomic E-state index is 13.2. The summed E-state index contributed by atoms with van der Waals surface area (Å²) in [6, 6.07) is 12.7. The second-order valence-corrected chi connectivity index (χ2v) is 9.41. The Bertz CT molecular complexity index is 977. The van der Waals surface area contributed by atoms with Crippen LogP contribution >= 0.6 is 11.6 Å². The SMILES string of the molecule is COc1ccc(S(=O)(=O)NC(Cc2ccccc2)C(=O)N2CCN(C)CC2)cc1Cl. The summed E-state index contributed by atoms with van der Waals surface area (Å²) in [6.45, 7) is 2.64. The number of amides is 1. The van der Waals surface area contributed by atoms with Crippen LogP contribution in [0, 0.1) is 0 Å². The lowest BCUT2D eigenvalue weighted by molar-refractivity contribution is -0.134. The van der Waals surface area contributed by atoms with E-state index in [1.54, 1.807) is 4.90 Å². The van der Waals surface area contributed by atoms with Gasteiger partial charge < -0.3 is 14.5 Å². The van der Waals surface area contributed by atoms with E-state index >= 15 is 0 Å². The average Bonchev–Trinajstić information content (AvgIpc) is 2.74. The number of nitrogens with one attached hydrogen (secondary N) is 1. The molecule has 1 N–H and O–H groups in total. The fourth-order valence-corrected chi connectivity index (χ4v) is 4.88. The third-order valence-electron chi connectivity index (χ3n) is 5.13. The first-order valence-corrected chi connectivity index (χ1v) is 11.5. The van der Waals surface area contributed by atoms with E-state index < -0.39 is 16.1 Å². The van der Waals surface area contributed by atoms with Crippen molar-refractivity contribution in [3.8, 4) is 5.75 Å². The van der Waals surface area contributed by atoms with Crippen LogP contribution in [0.1, 0.15) is 5.56 Å². The van der Waals surface area contributed by atoms with E-state index in [-0.39, 0.29) is 22.2 Å². The molecule has 9 heteroatoms. The molecule has 1 amide bonds. The van der Waals surface area contributed by atoms with Crippen molar-refractivity contribution >= 4 is 27.5 Å². The number of halogens is 1. The molecule has 162 valence electrons. The summed E-state index contributed by atoms with van der Waals surface area (Å²) in [5.41, 5.74) is 0.875. The molecule has 2 aromatic carbocycles. The highest BCUT2D eigenvalue weighted by molar-refractivity contribution is 7.89. The third kappa shape index (κ3) is 5.51. The molecular weight excluding hydrogens is 426 g/mol. The molecule has 30 heavy (non-hydrogen) atoms. The van der Waals surface area contributed by atoms with Gasteiger partial charge >= 0.3 is 0 Å². The van der Waals surface area contributed by atoms with Gasteiger partial charge in [0.05, 0.1) is 17.0 Å². The van der Waals surface area contributed by atoms with Crippen molar-refractivity contribution in [3.05, 3.63) is 59.1 Å². The predicted octanol–water partition coefficient (Wildman–Crippen LogP) is 2.01. The Hall–Kier alpha value is -2.13. The second kappa shape index (κ2) is 9.78. The van der Waals surface area contributed by atoms with Gasteiger partial charge in [0.1, 0.15) is 11.8 Å². The second-order valence-electron chi connectivity index (χ2n) is 7.29. The zero-order chi connectivity index (χ0) is 21.7. The average molecular weight is 452 g/mol. The lowest BCUT2D eigenvalue weighted by atomic mass is 10.1. The number of hydrogen-bond donors (Lipinski definition) is 1. The molecular formula is C21H26ClN3O4S. The Morgan fingerprint density at radius 2 is 1.80 bits per heavy atom. The van der Waals surface area contributed by atoms with E-state index in [4.69, 9.17) is 16.3 Å². The van der Waals surface area contributed by atoms with Crippen LogP contribution in [0.4, 0.5) is 0 Å². The van der Waals surface area contributed by atoms with Crippen molar-refractivity contribution in [2.24, 2.45) is 0 Å². The van der Waals surface area contributed by atoms with Crippen molar-refractivity contribution < 1.29 is 17.9 Å². The molecule has 0 aliphatic carbocycles. The largest absolute Gasteiger partial charge is 0.495 e. The molecule has 1 fully saturated rings. The van der Waals surface area contributed by atoms with Crippen LogP contribution in [0.2, 0.25) is 5.02 Å². The third-order valence-corrected chi connectivity index (χ3v) is 6.89. The van der Waals surface area contributed by atoms with E-state index in [0.717, 1.165) is 18.7 Å². The molecule has 1 saturated heterocycles. The Morgan fingerprint density at radius 3 is 2.40 bits per heavy atom. The number of nitrogens with zero attached hydrogens (tertiary/aromatic N) is 2. The van der Waals surface area contributed by atoms with Gasteiger partial charge in [0.25, 0.3) is 0 Å². The Labute approximate surface area is 182 Å². The summed E-state index contributed by atoms with van der Waals surface area (Å²) in [6.07, 6.45) is 0.259. The summed E-state index contributed by atoms with van der Waals surface area (Å²) >= 11 is 6.10. The molecule has 1 atom stereocenters. The number of sulfonamides is 1. The number of rotatable bonds is 7. The van der Waals surface area contributed by atoms with Crippen LogP contribution in [0.15, 0.2) is 53.4 Å². The van der Waals surface area contributed by atoms with Gasteiger partial charge in [0.2, 0.25) is 15.9 Å². The number of piperazine rings is 1. The quantitative estimate of drug-likeness (QED) is 0.696.